The van der Waals surface area contributed by atoms with Crippen LogP contribution in [0.4, 0.5) is 10.1 Å². The average Bonchev–Trinajstić information content (AvgIpc) is 2.63. The molecule has 2 rings (SSSR count). The Morgan fingerprint density at radius 2 is 2.21 bits per heavy atom. The van der Waals surface area contributed by atoms with E-state index in [9.17, 15) is 4.39 Å². The van der Waals surface area contributed by atoms with Crippen molar-refractivity contribution in [1.82, 2.24) is 9.78 Å². The first-order valence-electron chi connectivity index (χ1n) is 5.78. The van der Waals surface area contributed by atoms with Gasteiger partial charge in [0.15, 0.2) is 0 Å². The van der Waals surface area contributed by atoms with Gasteiger partial charge in [0.05, 0.1) is 18.5 Å². The highest BCUT2D eigenvalue weighted by Crippen LogP contribution is 2.24. The van der Waals surface area contributed by atoms with Crippen LogP contribution in [0.15, 0.2) is 18.2 Å². The van der Waals surface area contributed by atoms with Gasteiger partial charge in [0.1, 0.15) is 16.7 Å². The van der Waals surface area contributed by atoms with Gasteiger partial charge in [-0.25, -0.2) is 4.39 Å². The van der Waals surface area contributed by atoms with Crippen molar-refractivity contribution in [2.75, 3.05) is 12.4 Å². The highest BCUT2D eigenvalue weighted by Gasteiger charge is 2.12. The third kappa shape index (κ3) is 2.81. The standard InChI is InChI=1S/C13H15ClFN3O/c1-8-10(13(14)18(2)17-8)7-16-12-6-9(19-3)4-5-11(12)15/h4-6,16H,7H2,1-3H3. The summed E-state index contributed by atoms with van der Waals surface area (Å²) in [5, 5.41) is 7.76. The van der Waals surface area contributed by atoms with Crippen molar-refractivity contribution in [1.29, 1.82) is 0 Å². The van der Waals surface area contributed by atoms with Crippen molar-refractivity contribution in [3.05, 3.63) is 40.4 Å². The monoisotopic (exact) mass is 283 g/mol. The number of benzene rings is 1. The summed E-state index contributed by atoms with van der Waals surface area (Å²) in [5.41, 5.74) is 2.05. The molecule has 0 aliphatic heterocycles. The van der Waals surface area contributed by atoms with Crippen molar-refractivity contribution >= 4 is 17.3 Å². The minimum atomic E-state index is -0.335. The van der Waals surface area contributed by atoms with Crippen LogP contribution in [0.25, 0.3) is 0 Å². The highest BCUT2D eigenvalue weighted by atomic mass is 35.5. The second kappa shape index (κ2) is 5.48. The van der Waals surface area contributed by atoms with Gasteiger partial charge < -0.3 is 10.1 Å². The maximum absolute atomic E-state index is 13.6. The number of nitrogens with one attached hydrogen (secondary N) is 1. The molecule has 4 nitrogen and oxygen atoms in total. The number of hydrogen-bond acceptors (Lipinski definition) is 3. The smallest absolute Gasteiger partial charge is 0.146 e. The molecule has 0 aliphatic rings. The summed E-state index contributed by atoms with van der Waals surface area (Å²) in [4.78, 5) is 0. The number of aryl methyl sites for hydroxylation is 2. The van der Waals surface area contributed by atoms with Gasteiger partial charge >= 0.3 is 0 Å². The Morgan fingerprint density at radius 3 is 2.79 bits per heavy atom. The first kappa shape index (κ1) is 13.7. The quantitative estimate of drug-likeness (QED) is 0.937. The lowest BCUT2D eigenvalue weighted by Crippen LogP contribution is -2.03. The van der Waals surface area contributed by atoms with E-state index in [2.05, 4.69) is 10.4 Å². The Labute approximate surface area is 116 Å². The van der Waals surface area contributed by atoms with E-state index in [1.54, 1.807) is 31.0 Å². The zero-order valence-corrected chi connectivity index (χ0v) is 11.8. The Hall–Kier alpha value is -1.75. The minimum Gasteiger partial charge on any atom is -0.497 e. The van der Waals surface area contributed by atoms with E-state index < -0.39 is 0 Å². The number of rotatable bonds is 4. The van der Waals surface area contributed by atoms with Gasteiger partial charge in [-0.05, 0) is 19.1 Å². The Balaban J connectivity index is 2.18. The third-order valence-corrected chi connectivity index (χ3v) is 3.37. The molecule has 0 bridgehead atoms. The molecule has 0 spiro atoms. The van der Waals surface area contributed by atoms with Gasteiger partial charge in [-0.15, -0.1) is 0 Å². The van der Waals surface area contributed by atoms with Crippen molar-refractivity contribution in [3.8, 4) is 5.75 Å². The normalized spacial score (nSPS) is 10.6. The molecule has 0 unspecified atom stereocenters. The molecule has 1 N–H and O–H groups in total. The molecule has 0 saturated heterocycles. The van der Waals surface area contributed by atoms with Gasteiger partial charge in [0.25, 0.3) is 0 Å². The molecule has 2 aromatic rings. The second-order valence-corrected chi connectivity index (χ2v) is 4.54. The Kier molecular flexibility index (Phi) is 3.95. The third-order valence-electron chi connectivity index (χ3n) is 2.90. The van der Waals surface area contributed by atoms with Crippen LogP contribution < -0.4 is 10.1 Å². The van der Waals surface area contributed by atoms with Crippen LogP contribution in [-0.2, 0) is 13.6 Å². The van der Waals surface area contributed by atoms with Gasteiger partial charge in [-0.3, -0.25) is 4.68 Å². The predicted molar refractivity (Wildman–Crippen MR) is 73.2 cm³/mol. The number of methoxy groups -OCH3 is 1. The number of nitrogens with zero attached hydrogens (tertiary/aromatic N) is 2. The fourth-order valence-corrected chi connectivity index (χ4v) is 2.07. The highest BCUT2D eigenvalue weighted by molar-refractivity contribution is 6.30. The zero-order valence-electron chi connectivity index (χ0n) is 11.0. The number of halogens is 2. The maximum Gasteiger partial charge on any atom is 0.146 e. The van der Waals surface area contributed by atoms with Crippen molar-refractivity contribution in [3.63, 3.8) is 0 Å². The molecule has 102 valence electrons. The summed E-state index contributed by atoms with van der Waals surface area (Å²) >= 11 is 6.12. The number of ether oxygens (including phenoxy) is 1. The number of anilines is 1. The summed E-state index contributed by atoms with van der Waals surface area (Å²) in [6.07, 6.45) is 0. The second-order valence-electron chi connectivity index (χ2n) is 4.18. The molecule has 0 atom stereocenters. The molecule has 1 aromatic heterocycles. The molecule has 0 saturated carbocycles. The summed E-state index contributed by atoms with van der Waals surface area (Å²) in [5.74, 6) is 0.261. The van der Waals surface area contributed by atoms with Crippen LogP contribution in [0, 0.1) is 12.7 Å². The van der Waals surface area contributed by atoms with Gasteiger partial charge in [-0.2, -0.15) is 5.10 Å². The van der Waals surface area contributed by atoms with Crippen LogP contribution >= 0.6 is 11.6 Å². The lowest BCUT2D eigenvalue weighted by atomic mass is 10.2. The first-order chi connectivity index (χ1) is 9.02. The molecule has 0 fully saturated rings. The molecule has 0 radical (unpaired) electrons. The van der Waals surface area contributed by atoms with Crippen molar-refractivity contribution in [2.45, 2.75) is 13.5 Å². The average molecular weight is 284 g/mol. The summed E-state index contributed by atoms with van der Waals surface area (Å²) in [6.45, 7) is 2.27. The molecule has 19 heavy (non-hydrogen) atoms. The minimum absolute atomic E-state index is 0.335. The van der Waals surface area contributed by atoms with E-state index in [-0.39, 0.29) is 5.82 Å². The molecule has 1 aromatic carbocycles. The summed E-state index contributed by atoms with van der Waals surface area (Å²) in [6, 6.07) is 4.54. The van der Waals surface area contributed by atoms with E-state index in [4.69, 9.17) is 16.3 Å². The Morgan fingerprint density at radius 1 is 1.47 bits per heavy atom. The number of aromatic nitrogens is 2. The summed E-state index contributed by atoms with van der Waals surface area (Å²) < 4.78 is 20.3. The van der Waals surface area contributed by atoms with Crippen LogP contribution in [0.1, 0.15) is 11.3 Å². The zero-order chi connectivity index (χ0) is 14.0. The van der Waals surface area contributed by atoms with Crippen LogP contribution in [0.2, 0.25) is 5.15 Å². The molecular weight excluding hydrogens is 269 g/mol. The van der Waals surface area contributed by atoms with Crippen LogP contribution in [0.5, 0.6) is 5.75 Å². The van der Waals surface area contributed by atoms with Crippen molar-refractivity contribution < 1.29 is 9.13 Å². The van der Waals surface area contributed by atoms with Crippen LogP contribution in [0.3, 0.4) is 0 Å². The Bertz CT molecular complexity index is 598. The fraction of sp³-hybridized carbons (Fsp3) is 0.308. The predicted octanol–water partition coefficient (Wildman–Crippen LogP) is 3.14. The first-order valence-corrected chi connectivity index (χ1v) is 6.16. The van der Waals surface area contributed by atoms with Gasteiger partial charge in [-0.1, -0.05) is 11.6 Å². The lowest BCUT2D eigenvalue weighted by Gasteiger charge is -2.09. The van der Waals surface area contributed by atoms with E-state index >= 15 is 0 Å². The molecule has 0 amide bonds. The number of hydrogen-bond donors (Lipinski definition) is 1. The SMILES string of the molecule is COc1ccc(F)c(NCc2c(C)nn(C)c2Cl)c1. The molecule has 6 heteroatoms. The van der Waals surface area contributed by atoms with Gasteiger partial charge in [0.2, 0.25) is 0 Å². The summed E-state index contributed by atoms with van der Waals surface area (Å²) in [7, 11) is 3.31. The lowest BCUT2D eigenvalue weighted by molar-refractivity contribution is 0.414. The van der Waals surface area contributed by atoms with Crippen molar-refractivity contribution in [2.24, 2.45) is 7.05 Å². The molecule has 0 aliphatic carbocycles. The fourth-order valence-electron chi connectivity index (χ4n) is 1.83. The largest absolute Gasteiger partial charge is 0.497 e. The molecule has 1 heterocycles. The van der Waals surface area contributed by atoms with E-state index in [0.717, 1.165) is 11.3 Å². The van der Waals surface area contributed by atoms with E-state index in [0.29, 0.717) is 23.1 Å². The van der Waals surface area contributed by atoms with Gasteiger partial charge in [0, 0.05) is 25.2 Å². The van der Waals surface area contributed by atoms with E-state index in [1.807, 2.05) is 6.92 Å². The van der Waals surface area contributed by atoms with Crippen LogP contribution in [-0.4, -0.2) is 16.9 Å². The van der Waals surface area contributed by atoms with E-state index in [1.165, 1.54) is 6.07 Å². The molecular formula is C13H15ClFN3O. The maximum atomic E-state index is 13.6. The topological polar surface area (TPSA) is 39.1 Å².